The lowest BCUT2D eigenvalue weighted by atomic mass is 10.1. The molecule has 0 aromatic carbocycles. The number of rotatable bonds is 4. The molecule has 0 radical (unpaired) electrons. The molecule has 0 saturated heterocycles. The highest BCUT2D eigenvalue weighted by molar-refractivity contribution is 7.89. The zero-order valence-electron chi connectivity index (χ0n) is 8.94. The van der Waals surface area contributed by atoms with Crippen LogP contribution in [-0.4, -0.2) is 30.7 Å². The number of hydrogen-bond donors (Lipinski definition) is 2. The molecule has 0 spiro atoms. The quantitative estimate of drug-likeness (QED) is 0.843. The first-order valence-electron chi connectivity index (χ1n) is 4.54. The highest BCUT2D eigenvalue weighted by Gasteiger charge is 2.21. The highest BCUT2D eigenvalue weighted by Crippen LogP contribution is 2.19. The van der Waals surface area contributed by atoms with Crippen LogP contribution in [0, 0.1) is 0 Å². The molecule has 1 aromatic heterocycles. The Morgan fingerprint density at radius 3 is 2.69 bits per heavy atom. The molecule has 2 N–H and O–H groups in total. The van der Waals surface area contributed by atoms with Gasteiger partial charge in [-0.25, -0.2) is 13.1 Å². The van der Waals surface area contributed by atoms with Gasteiger partial charge in [-0.05, 0) is 19.9 Å². The Balaban J connectivity index is 2.92. The van der Waals surface area contributed by atoms with Gasteiger partial charge < -0.3 is 5.11 Å². The van der Waals surface area contributed by atoms with Crippen molar-refractivity contribution in [3.8, 4) is 0 Å². The Labute approximate surface area is 99.5 Å². The van der Waals surface area contributed by atoms with E-state index in [-0.39, 0.29) is 16.5 Å². The minimum absolute atomic E-state index is 0.0956. The highest BCUT2D eigenvalue weighted by atomic mass is 35.5. The first-order chi connectivity index (χ1) is 7.22. The van der Waals surface area contributed by atoms with Crippen LogP contribution >= 0.6 is 11.6 Å². The van der Waals surface area contributed by atoms with Crippen molar-refractivity contribution in [3.05, 3.63) is 23.5 Å². The van der Waals surface area contributed by atoms with Crippen LogP contribution < -0.4 is 4.72 Å². The van der Waals surface area contributed by atoms with E-state index in [0.717, 1.165) is 6.20 Å². The second-order valence-electron chi connectivity index (χ2n) is 3.94. The van der Waals surface area contributed by atoms with Gasteiger partial charge in [0.15, 0.2) is 0 Å². The molecule has 0 aliphatic heterocycles. The average molecular weight is 265 g/mol. The van der Waals surface area contributed by atoms with Crippen molar-refractivity contribution in [2.45, 2.75) is 24.3 Å². The second kappa shape index (κ2) is 4.67. The van der Waals surface area contributed by atoms with E-state index in [0.29, 0.717) is 0 Å². The van der Waals surface area contributed by atoms with Gasteiger partial charge in [0.1, 0.15) is 4.90 Å². The van der Waals surface area contributed by atoms with Gasteiger partial charge in [-0.1, -0.05) is 11.6 Å². The van der Waals surface area contributed by atoms with E-state index in [9.17, 15) is 13.5 Å². The summed E-state index contributed by atoms with van der Waals surface area (Å²) in [7, 11) is -3.73. The Morgan fingerprint density at radius 2 is 2.19 bits per heavy atom. The lowest BCUT2D eigenvalue weighted by molar-refractivity contribution is 0.0857. The van der Waals surface area contributed by atoms with Crippen LogP contribution in [0.5, 0.6) is 0 Å². The maximum atomic E-state index is 11.8. The monoisotopic (exact) mass is 264 g/mol. The number of hydrogen-bond acceptors (Lipinski definition) is 4. The normalized spacial score (nSPS) is 12.8. The SMILES string of the molecule is CC(C)(O)CNS(=O)(=O)c1cnccc1Cl. The Hall–Kier alpha value is -0.690. The fourth-order valence-electron chi connectivity index (χ4n) is 0.910. The Kier molecular flexibility index (Phi) is 3.90. The summed E-state index contributed by atoms with van der Waals surface area (Å²) in [5.74, 6) is 0. The first-order valence-corrected chi connectivity index (χ1v) is 6.40. The Bertz CT molecular complexity index is 468. The molecule has 7 heteroatoms. The van der Waals surface area contributed by atoms with Crippen LogP contribution in [0.3, 0.4) is 0 Å². The van der Waals surface area contributed by atoms with Crippen molar-refractivity contribution in [1.82, 2.24) is 9.71 Å². The molecule has 0 aliphatic carbocycles. The molecular weight excluding hydrogens is 252 g/mol. The third-order valence-corrected chi connectivity index (χ3v) is 3.59. The largest absolute Gasteiger partial charge is 0.389 e. The predicted octanol–water partition coefficient (Wildman–Crippen LogP) is 0.784. The molecule has 0 amide bonds. The number of pyridine rings is 1. The van der Waals surface area contributed by atoms with Gasteiger partial charge >= 0.3 is 0 Å². The van der Waals surface area contributed by atoms with Gasteiger partial charge in [0.2, 0.25) is 10.0 Å². The molecule has 0 unspecified atom stereocenters. The fraction of sp³-hybridized carbons (Fsp3) is 0.444. The van der Waals surface area contributed by atoms with Crippen LogP contribution in [0.2, 0.25) is 5.02 Å². The lowest BCUT2D eigenvalue weighted by Crippen LogP contribution is -2.38. The number of halogens is 1. The van der Waals surface area contributed by atoms with Crippen molar-refractivity contribution >= 4 is 21.6 Å². The number of sulfonamides is 1. The maximum Gasteiger partial charge on any atom is 0.243 e. The predicted molar refractivity (Wildman–Crippen MR) is 60.7 cm³/mol. The van der Waals surface area contributed by atoms with Gasteiger partial charge in [0.05, 0.1) is 10.6 Å². The van der Waals surface area contributed by atoms with Crippen LogP contribution in [0.4, 0.5) is 0 Å². The van der Waals surface area contributed by atoms with Gasteiger partial charge in [-0.3, -0.25) is 4.98 Å². The van der Waals surface area contributed by atoms with E-state index in [4.69, 9.17) is 11.6 Å². The molecule has 0 aliphatic rings. The molecule has 1 aromatic rings. The average Bonchev–Trinajstić information content (AvgIpc) is 2.14. The summed E-state index contributed by atoms with van der Waals surface area (Å²) in [6.07, 6.45) is 2.56. The molecule has 5 nitrogen and oxygen atoms in total. The van der Waals surface area contributed by atoms with E-state index < -0.39 is 15.6 Å². The molecule has 16 heavy (non-hydrogen) atoms. The van der Waals surface area contributed by atoms with Gasteiger partial charge in [-0.2, -0.15) is 0 Å². The smallest absolute Gasteiger partial charge is 0.243 e. The van der Waals surface area contributed by atoms with E-state index in [2.05, 4.69) is 9.71 Å². The number of aromatic nitrogens is 1. The van der Waals surface area contributed by atoms with Gasteiger partial charge in [-0.15, -0.1) is 0 Å². The number of aliphatic hydroxyl groups is 1. The molecule has 0 saturated carbocycles. The molecular formula is C9H13ClN2O3S. The van der Waals surface area contributed by atoms with E-state index in [1.54, 1.807) is 0 Å². The molecule has 0 fully saturated rings. The third-order valence-electron chi connectivity index (χ3n) is 1.72. The number of nitrogens with one attached hydrogen (secondary N) is 1. The summed E-state index contributed by atoms with van der Waals surface area (Å²) in [6.45, 7) is 2.90. The molecule has 0 bridgehead atoms. The second-order valence-corrected chi connectivity index (χ2v) is 6.09. The van der Waals surface area contributed by atoms with Crippen LogP contribution in [0.1, 0.15) is 13.8 Å². The van der Waals surface area contributed by atoms with E-state index in [1.807, 2.05) is 0 Å². The van der Waals surface area contributed by atoms with Crippen LogP contribution in [0.25, 0.3) is 0 Å². The topological polar surface area (TPSA) is 79.3 Å². The summed E-state index contributed by atoms with van der Waals surface area (Å²) in [6, 6.07) is 1.39. The molecule has 1 rings (SSSR count). The van der Waals surface area contributed by atoms with Crippen molar-refractivity contribution in [3.63, 3.8) is 0 Å². The summed E-state index contributed by atoms with van der Waals surface area (Å²) < 4.78 is 25.8. The number of nitrogens with zero attached hydrogens (tertiary/aromatic N) is 1. The summed E-state index contributed by atoms with van der Waals surface area (Å²) >= 11 is 5.74. The zero-order chi connectivity index (χ0) is 12.4. The van der Waals surface area contributed by atoms with Crippen LogP contribution in [-0.2, 0) is 10.0 Å². The minimum atomic E-state index is -3.73. The standard InChI is InChI=1S/C9H13ClN2O3S/c1-9(2,13)6-12-16(14,15)8-5-11-4-3-7(8)10/h3-5,12-13H,6H2,1-2H3. The maximum absolute atomic E-state index is 11.8. The van der Waals surface area contributed by atoms with E-state index in [1.165, 1.54) is 26.1 Å². The zero-order valence-corrected chi connectivity index (χ0v) is 10.5. The van der Waals surface area contributed by atoms with Crippen LogP contribution in [0.15, 0.2) is 23.4 Å². The minimum Gasteiger partial charge on any atom is -0.389 e. The molecule has 90 valence electrons. The first kappa shape index (κ1) is 13.4. The van der Waals surface area contributed by atoms with Gasteiger partial charge in [0.25, 0.3) is 0 Å². The summed E-state index contributed by atoms with van der Waals surface area (Å²) in [4.78, 5) is 3.59. The van der Waals surface area contributed by atoms with E-state index >= 15 is 0 Å². The molecule has 1 heterocycles. The lowest BCUT2D eigenvalue weighted by Gasteiger charge is -2.17. The Morgan fingerprint density at radius 1 is 1.56 bits per heavy atom. The van der Waals surface area contributed by atoms with Crippen molar-refractivity contribution < 1.29 is 13.5 Å². The fourth-order valence-corrected chi connectivity index (χ4v) is 2.54. The van der Waals surface area contributed by atoms with Crippen molar-refractivity contribution in [2.24, 2.45) is 0 Å². The van der Waals surface area contributed by atoms with Gasteiger partial charge in [0, 0.05) is 18.9 Å². The van der Waals surface area contributed by atoms with Crippen molar-refractivity contribution in [2.75, 3.05) is 6.54 Å². The third kappa shape index (κ3) is 3.71. The summed E-state index contributed by atoms with van der Waals surface area (Å²) in [5, 5.41) is 9.52. The van der Waals surface area contributed by atoms with Crippen molar-refractivity contribution in [1.29, 1.82) is 0 Å². The molecule has 0 atom stereocenters. The summed E-state index contributed by atoms with van der Waals surface area (Å²) in [5.41, 5.74) is -1.12.